The largest absolute Gasteiger partial charge is 0.371 e. The number of nitrogens with zero attached hydrogens (tertiary/aromatic N) is 3. The van der Waals surface area contributed by atoms with Crippen LogP contribution < -0.4 is 15.5 Å². The molecule has 2 heterocycles. The maximum atomic E-state index is 12.8. The zero-order valence-electron chi connectivity index (χ0n) is 18.4. The summed E-state index contributed by atoms with van der Waals surface area (Å²) >= 11 is 0. The molecule has 164 valence electrons. The van der Waals surface area contributed by atoms with E-state index < -0.39 is 0 Å². The third-order valence-corrected chi connectivity index (χ3v) is 6.98. The number of para-hydroxylation sites is 1. The Balaban J connectivity index is 1.20. The summed E-state index contributed by atoms with van der Waals surface area (Å²) in [5.74, 6) is 2.14. The molecule has 2 aliphatic heterocycles. The summed E-state index contributed by atoms with van der Waals surface area (Å²) < 4.78 is 0. The Morgan fingerprint density at radius 2 is 1.83 bits per heavy atom. The second-order valence-corrected chi connectivity index (χ2v) is 9.14. The van der Waals surface area contributed by atoms with Gasteiger partial charge in [-0.25, -0.2) is 0 Å². The number of nitrogens with one attached hydrogen (secondary N) is 2. The van der Waals surface area contributed by atoms with E-state index in [0.717, 1.165) is 57.9 Å². The molecule has 3 aliphatic rings. The second kappa shape index (κ2) is 10.2. The molecule has 1 aromatic rings. The highest BCUT2D eigenvalue weighted by Crippen LogP contribution is 2.27. The van der Waals surface area contributed by atoms with E-state index in [1.165, 1.54) is 31.4 Å². The van der Waals surface area contributed by atoms with Crippen molar-refractivity contribution < 1.29 is 4.79 Å². The van der Waals surface area contributed by atoms with Gasteiger partial charge in [-0.3, -0.25) is 9.79 Å². The quantitative estimate of drug-likeness (QED) is 0.578. The van der Waals surface area contributed by atoms with Crippen LogP contribution in [0.15, 0.2) is 35.3 Å². The first kappa shape index (κ1) is 21.0. The summed E-state index contributed by atoms with van der Waals surface area (Å²) in [4.78, 5) is 21.8. The second-order valence-electron chi connectivity index (χ2n) is 9.14. The Labute approximate surface area is 181 Å². The fourth-order valence-corrected chi connectivity index (χ4v) is 5.19. The van der Waals surface area contributed by atoms with E-state index in [-0.39, 0.29) is 5.92 Å². The highest BCUT2D eigenvalue weighted by atomic mass is 16.2. The summed E-state index contributed by atoms with van der Waals surface area (Å²) in [7, 11) is 1.83. The summed E-state index contributed by atoms with van der Waals surface area (Å²) in [6.07, 6.45) is 8.09. The minimum atomic E-state index is 0.268. The van der Waals surface area contributed by atoms with E-state index in [9.17, 15) is 4.79 Å². The van der Waals surface area contributed by atoms with Gasteiger partial charge in [0.15, 0.2) is 5.96 Å². The summed E-state index contributed by atoms with van der Waals surface area (Å²) in [6.45, 7) is 4.81. The first-order chi connectivity index (χ1) is 14.7. The molecule has 1 aliphatic carbocycles. The summed E-state index contributed by atoms with van der Waals surface area (Å²) in [6, 6.07) is 11.0. The standard InChI is InChI=1S/C24H37N5O/c1-25-24(26-16-19-12-14-28(17-19)22-10-6-3-7-11-22)27-21-13-15-29(18-21)23(30)20-8-4-2-5-9-20/h3,6-7,10-11,19-21H,2,4-5,8-9,12-18H2,1H3,(H2,25,26,27). The summed E-state index contributed by atoms with van der Waals surface area (Å²) in [5.41, 5.74) is 1.32. The van der Waals surface area contributed by atoms with E-state index in [1.807, 2.05) is 7.05 Å². The fraction of sp³-hybridized carbons (Fsp3) is 0.667. The number of hydrogen-bond acceptors (Lipinski definition) is 3. The predicted molar refractivity (Wildman–Crippen MR) is 123 cm³/mol. The third-order valence-electron chi connectivity index (χ3n) is 6.98. The van der Waals surface area contributed by atoms with Crippen LogP contribution in [0.3, 0.4) is 0 Å². The van der Waals surface area contributed by atoms with Crippen molar-refractivity contribution in [3.05, 3.63) is 30.3 Å². The summed E-state index contributed by atoms with van der Waals surface area (Å²) in [5, 5.41) is 7.08. The molecule has 6 nitrogen and oxygen atoms in total. The molecule has 2 N–H and O–H groups in total. The van der Waals surface area contributed by atoms with Crippen molar-refractivity contribution in [1.29, 1.82) is 0 Å². The van der Waals surface area contributed by atoms with Gasteiger partial charge in [-0.1, -0.05) is 37.5 Å². The van der Waals surface area contributed by atoms with Crippen molar-refractivity contribution in [2.24, 2.45) is 16.8 Å². The van der Waals surface area contributed by atoms with Gasteiger partial charge in [-0.05, 0) is 43.7 Å². The minimum Gasteiger partial charge on any atom is -0.371 e. The van der Waals surface area contributed by atoms with Gasteiger partial charge in [0, 0.05) is 57.4 Å². The molecule has 6 heteroatoms. The minimum absolute atomic E-state index is 0.268. The molecule has 1 aromatic carbocycles. The Morgan fingerprint density at radius 3 is 2.60 bits per heavy atom. The maximum Gasteiger partial charge on any atom is 0.225 e. The Kier molecular flexibility index (Phi) is 7.13. The normalized spacial score (nSPS) is 25.6. The smallest absolute Gasteiger partial charge is 0.225 e. The van der Waals surface area contributed by atoms with Gasteiger partial charge < -0.3 is 20.4 Å². The lowest BCUT2D eigenvalue weighted by atomic mass is 9.88. The zero-order valence-corrected chi connectivity index (χ0v) is 18.4. The molecule has 2 unspecified atom stereocenters. The van der Waals surface area contributed by atoms with Gasteiger partial charge in [-0.2, -0.15) is 0 Å². The molecule has 2 saturated heterocycles. The first-order valence-corrected chi connectivity index (χ1v) is 11.8. The molecule has 0 bridgehead atoms. The van der Waals surface area contributed by atoms with Crippen molar-refractivity contribution in [3.8, 4) is 0 Å². The zero-order chi connectivity index (χ0) is 20.8. The first-order valence-electron chi connectivity index (χ1n) is 11.8. The molecule has 0 radical (unpaired) electrons. The number of amides is 1. The van der Waals surface area contributed by atoms with Gasteiger partial charge in [0.05, 0.1) is 0 Å². The molecule has 1 amide bonds. The van der Waals surface area contributed by atoms with Crippen LogP contribution in [0.1, 0.15) is 44.9 Å². The van der Waals surface area contributed by atoms with Crippen molar-refractivity contribution in [3.63, 3.8) is 0 Å². The molecule has 30 heavy (non-hydrogen) atoms. The van der Waals surface area contributed by atoms with Crippen LogP contribution in [0, 0.1) is 11.8 Å². The fourth-order valence-electron chi connectivity index (χ4n) is 5.19. The molecular weight excluding hydrogens is 374 g/mol. The SMILES string of the molecule is CN=C(NCC1CCN(c2ccccc2)C1)NC1CCN(C(=O)C2CCCCC2)C1. The molecular formula is C24H37N5O. The van der Waals surface area contributed by atoms with Gasteiger partial charge in [0.25, 0.3) is 0 Å². The number of likely N-dealkylation sites (tertiary alicyclic amines) is 1. The van der Waals surface area contributed by atoms with Crippen LogP contribution in [-0.4, -0.2) is 62.6 Å². The van der Waals surface area contributed by atoms with E-state index in [0.29, 0.717) is 17.9 Å². The van der Waals surface area contributed by atoms with Crippen LogP contribution in [0.2, 0.25) is 0 Å². The van der Waals surface area contributed by atoms with Crippen LogP contribution in [-0.2, 0) is 4.79 Å². The molecule has 1 saturated carbocycles. The van der Waals surface area contributed by atoms with Crippen molar-refractivity contribution in [2.75, 3.05) is 44.7 Å². The predicted octanol–water partition coefficient (Wildman–Crippen LogP) is 2.86. The average Bonchev–Trinajstić information content (AvgIpc) is 3.47. The Bertz CT molecular complexity index is 716. The van der Waals surface area contributed by atoms with E-state index in [4.69, 9.17) is 0 Å². The van der Waals surface area contributed by atoms with Crippen molar-refractivity contribution in [1.82, 2.24) is 15.5 Å². The lowest BCUT2D eigenvalue weighted by Gasteiger charge is -2.26. The Hall–Kier alpha value is -2.24. The van der Waals surface area contributed by atoms with Crippen molar-refractivity contribution >= 4 is 17.6 Å². The monoisotopic (exact) mass is 411 g/mol. The number of anilines is 1. The number of carbonyl (C=O) groups is 1. The average molecular weight is 412 g/mol. The number of guanidine groups is 1. The Morgan fingerprint density at radius 1 is 1.03 bits per heavy atom. The number of carbonyl (C=O) groups excluding carboxylic acids is 1. The van der Waals surface area contributed by atoms with Crippen LogP contribution in [0.5, 0.6) is 0 Å². The molecule has 0 aromatic heterocycles. The number of hydrogen-bond donors (Lipinski definition) is 2. The maximum absolute atomic E-state index is 12.8. The highest BCUT2D eigenvalue weighted by Gasteiger charge is 2.32. The van der Waals surface area contributed by atoms with Gasteiger partial charge in [-0.15, -0.1) is 0 Å². The van der Waals surface area contributed by atoms with Gasteiger partial charge in [0.2, 0.25) is 5.91 Å². The van der Waals surface area contributed by atoms with Crippen molar-refractivity contribution in [2.45, 2.75) is 51.0 Å². The number of benzene rings is 1. The van der Waals surface area contributed by atoms with E-state index in [1.54, 1.807) is 0 Å². The number of rotatable bonds is 5. The molecule has 4 rings (SSSR count). The van der Waals surface area contributed by atoms with Crippen LogP contribution >= 0.6 is 0 Å². The lowest BCUT2D eigenvalue weighted by molar-refractivity contribution is -0.135. The highest BCUT2D eigenvalue weighted by molar-refractivity contribution is 5.81. The molecule has 0 spiro atoms. The van der Waals surface area contributed by atoms with E-state index in [2.05, 4.69) is 55.8 Å². The molecule has 3 fully saturated rings. The van der Waals surface area contributed by atoms with Crippen LogP contribution in [0.4, 0.5) is 5.69 Å². The third kappa shape index (κ3) is 5.27. The van der Waals surface area contributed by atoms with Gasteiger partial charge in [0.1, 0.15) is 0 Å². The van der Waals surface area contributed by atoms with E-state index >= 15 is 0 Å². The topological polar surface area (TPSA) is 60.0 Å². The lowest BCUT2D eigenvalue weighted by Crippen LogP contribution is -2.46. The number of aliphatic imine (C=N–C) groups is 1. The van der Waals surface area contributed by atoms with Gasteiger partial charge >= 0.3 is 0 Å². The van der Waals surface area contributed by atoms with Crippen LogP contribution in [0.25, 0.3) is 0 Å². The molecule has 2 atom stereocenters.